The fourth-order valence-corrected chi connectivity index (χ4v) is 4.88. The van der Waals surface area contributed by atoms with Crippen molar-refractivity contribution in [3.8, 4) is 5.75 Å². The van der Waals surface area contributed by atoms with Crippen molar-refractivity contribution in [1.29, 1.82) is 0 Å². The number of likely N-dealkylation sites (tertiary alicyclic amines) is 1. The Labute approximate surface area is 179 Å². The number of amides is 1. The second kappa shape index (κ2) is 8.38. The predicted octanol–water partition coefficient (Wildman–Crippen LogP) is 2.77. The Hall–Kier alpha value is -3.40. The average molecular weight is 443 g/mol. The Balaban J connectivity index is 1.52. The van der Waals surface area contributed by atoms with Crippen LogP contribution in [0.5, 0.6) is 5.75 Å². The van der Waals surface area contributed by atoms with Crippen molar-refractivity contribution in [1.82, 2.24) is 4.90 Å². The van der Waals surface area contributed by atoms with E-state index in [0.29, 0.717) is 30.6 Å². The van der Waals surface area contributed by atoms with Gasteiger partial charge in [0.15, 0.2) is 5.84 Å². The second-order valence-corrected chi connectivity index (χ2v) is 8.60. The van der Waals surface area contributed by atoms with Gasteiger partial charge in [-0.25, -0.2) is 9.59 Å². The molecule has 0 saturated carbocycles. The number of benzene rings is 2. The largest absolute Gasteiger partial charge is 0.450 e. The summed E-state index contributed by atoms with van der Waals surface area (Å²) in [6.45, 7) is 2.43. The standard InChI is InChI=1S/C21H21N3O6S/c1-2-29-21(26)22-14-7-5-8-15(13-14)30-20(25)17-10-6-12-24(17)19-16-9-3-4-11-18(16)31(27,28)23-19/h3-5,7-9,11,13,17H,2,6,10,12H2,1H3,(H,22,26)/t17-/m0/s1. The zero-order valence-corrected chi connectivity index (χ0v) is 17.6. The third-order valence-corrected chi connectivity index (χ3v) is 6.31. The van der Waals surface area contributed by atoms with Gasteiger partial charge in [0.05, 0.1) is 6.61 Å². The van der Waals surface area contributed by atoms with Crippen LogP contribution in [0.2, 0.25) is 0 Å². The molecule has 10 heteroatoms. The molecule has 1 atom stereocenters. The van der Waals surface area contributed by atoms with Crippen LogP contribution in [0, 0.1) is 0 Å². The number of hydrogen-bond acceptors (Lipinski definition) is 7. The summed E-state index contributed by atoms with van der Waals surface area (Å²) in [5.74, 6) is 0.00979. The minimum Gasteiger partial charge on any atom is -0.450 e. The Morgan fingerprint density at radius 2 is 2.00 bits per heavy atom. The zero-order chi connectivity index (χ0) is 22.0. The van der Waals surface area contributed by atoms with Gasteiger partial charge in [0, 0.05) is 23.9 Å². The van der Waals surface area contributed by atoms with Crippen LogP contribution in [-0.2, 0) is 19.6 Å². The number of carbonyl (C=O) groups is 2. The molecule has 2 heterocycles. The molecule has 31 heavy (non-hydrogen) atoms. The van der Waals surface area contributed by atoms with Crippen LogP contribution < -0.4 is 10.1 Å². The fraction of sp³-hybridized carbons (Fsp3) is 0.286. The Morgan fingerprint density at radius 1 is 1.19 bits per heavy atom. The van der Waals surface area contributed by atoms with Gasteiger partial charge < -0.3 is 14.4 Å². The van der Waals surface area contributed by atoms with Gasteiger partial charge in [-0.3, -0.25) is 5.32 Å². The summed E-state index contributed by atoms with van der Waals surface area (Å²) in [5, 5.41) is 2.55. The first kappa shape index (κ1) is 20.9. The maximum Gasteiger partial charge on any atom is 0.411 e. The van der Waals surface area contributed by atoms with Crippen LogP contribution >= 0.6 is 0 Å². The van der Waals surface area contributed by atoms with Gasteiger partial charge in [-0.15, -0.1) is 4.40 Å². The summed E-state index contributed by atoms with van der Waals surface area (Å²) in [7, 11) is -3.78. The van der Waals surface area contributed by atoms with Gasteiger partial charge in [-0.1, -0.05) is 18.2 Å². The highest BCUT2D eigenvalue weighted by Crippen LogP contribution is 2.31. The number of rotatable bonds is 4. The molecule has 2 aliphatic heterocycles. The molecule has 1 amide bonds. The highest BCUT2D eigenvalue weighted by atomic mass is 32.2. The average Bonchev–Trinajstić information content (AvgIpc) is 3.31. The van der Waals surface area contributed by atoms with Crippen LogP contribution in [0.1, 0.15) is 25.3 Å². The van der Waals surface area contributed by atoms with Crippen LogP contribution in [0.3, 0.4) is 0 Å². The van der Waals surface area contributed by atoms with Crippen molar-refractivity contribution >= 4 is 33.6 Å². The maximum absolute atomic E-state index is 12.9. The van der Waals surface area contributed by atoms with E-state index in [4.69, 9.17) is 9.47 Å². The number of nitrogens with one attached hydrogen (secondary N) is 1. The number of sulfonamides is 1. The summed E-state index contributed by atoms with van der Waals surface area (Å²) in [6, 6.07) is 12.3. The first-order valence-corrected chi connectivity index (χ1v) is 11.3. The van der Waals surface area contributed by atoms with Crippen LogP contribution in [0.4, 0.5) is 10.5 Å². The number of esters is 1. The molecule has 2 aromatic carbocycles. The first-order valence-electron chi connectivity index (χ1n) is 9.85. The number of fused-ring (bicyclic) bond motifs is 1. The smallest absolute Gasteiger partial charge is 0.411 e. The lowest BCUT2D eigenvalue weighted by molar-refractivity contribution is -0.138. The summed E-state index contributed by atoms with van der Waals surface area (Å²) in [6.07, 6.45) is 0.610. The van der Waals surface area contributed by atoms with Crippen molar-refractivity contribution in [2.45, 2.75) is 30.7 Å². The highest BCUT2D eigenvalue weighted by Gasteiger charge is 2.40. The summed E-state index contributed by atoms with van der Waals surface area (Å²) in [5.41, 5.74) is 0.912. The van der Waals surface area contributed by atoms with E-state index < -0.39 is 28.1 Å². The van der Waals surface area contributed by atoms with Crippen molar-refractivity contribution in [2.75, 3.05) is 18.5 Å². The van der Waals surface area contributed by atoms with E-state index in [9.17, 15) is 18.0 Å². The normalized spacial score (nSPS) is 18.8. The minimum atomic E-state index is -3.78. The van der Waals surface area contributed by atoms with E-state index in [2.05, 4.69) is 9.71 Å². The van der Waals surface area contributed by atoms with Gasteiger partial charge in [-0.2, -0.15) is 8.42 Å². The minimum absolute atomic E-state index is 0.141. The molecular formula is C21H21N3O6S. The molecule has 0 spiro atoms. The van der Waals surface area contributed by atoms with E-state index in [1.54, 1.807) is 48.2 Å². The molecule has 1 N–H and O–H groups in total. The molecule has 1 fully saturated rings. The third-order valence-electron chi connectivity index (χ3n) is 4.98. The Kier molecular flexibility index (Phi) is 5.64. The number of ether oxygens (including phenoxy) is 2. The molecular weight excluding hydrogens is 422 g/mol. The third kappa shape index (κ3) is 4.24. The number of anilines is 1. The van der Waals surface area contributed by atoms with Gasteiger partial charge in [0.2, 0.25) is 0 Å². The highest BCUT2D eigenvalue weighted by molar-refractivity contribution is 7.90. The molecule has 162 valence electrons. The van der Waals surface area contributed by atoms with E-state index in [0.717, 1.165) is 0 Å². The lowest BCUT2D eigenvalue weighted by Crippen LogP contribution is -2.42. The van der Waals surface area contributed by atoms with Crippen molar-refractivity contribution < 1.29 is 27.5 Å². The number of amidine groups is 1. The Bertz CT molecular complexity index is 1160. The van der Waals surface area contributed by atoms with Crippen molar-refractivity contribution in [3.63, 3.8) is 0 Å². The molecule has 2 aliphatic rings. The van der Waals surface area contributed by atoms with Crippen LogP contribution in [0.15, 0.2) is 57.8 Å². The van der Waals surface area contributed by atoms with E-state index in [1.165, 1.54) is 12.1 Å². The number of hydrogen-bond donors (Lipinski definition) is 1. The van der Waals surface area contributed by atoms with Gasteiger partial charge in [0.25, 0.3) is 10.0 Å². The quantitative estimate of drug-likeness (QED) is 0.571. The van der Waals surface area contributed by atoms with Crippen LogP contribution in [0.25, 0.3) is 0 Å². The van der Waals surface area contributed by atoms with Gasteiger partial charge in [0.1, 0.15) is 16.7 Å². The molecule has 1 saturated heterocycles. The van der Waals surface area contributed by atoms with Crippen LogP contribution in [-0.4, -0.2) is 50.4 Å². The van der Waals surface area contributed by atoms with Crippen molar-refractivity contribution in [2.24, 2.45) is 4.40 Å². The SMILES string of the molecule is CCOC(=O)Nc1cccc(OC(=O)[C@@H]2CCCN2C2=NS(=O)(=O)c3ccccc32)c1. The Morgan fingerprint density at radius 3 is 2.81 bits per heavy atom. The fourth-order valence-electron chi connectivity index (χ4n) is 3.67. The van der Waals surface area contributed by atoms with Crippen molar-refractivity contribution in [3.05, 3.63) is 54.1 Å². The second-order valence-electron chi connectivity index (χ2n) is 7.03. The molecule has 0 aliphatic carbocycles. The van der Waals surface area contributed by atoms with Gasteiger partial charge in [-0.05, 0) is 44.0 Å². The molecule has 0 radical (unpaired) electrons. The van der Waals surface area contributed by atoms with Gasteiger partial charge >= 0.3 is 12.1 Å². The number of nitrogens with zero attached hydrogens (tertiary/aromatic N) is 2. The molecule has 0 aromatic heterocycles. The lowest BCUT2D eigenvalue weighted by atomic mass is 10.1. The monoisotopic (exact) mass is 443 g/mol. The first-order chi connectivity index (χ1) is 14.9. The number of carbonyl (C=O) groups excluding carboxylic acids is 2. The topological polar surface area (TPSA) is 114 Å². The lowest BCUT2D eigenvalue weighted by Gasteiger charge is -2.24. The summed E-state index contributed by atoms with van der Waals surface area (Å²) in [4.78, 5) is 26.3. The molecule has 0 unspecified atom stereocenters. The van der Waals surface area contributed by atoms with E-state index in [-0.39, 0.29) is 23.1 Å². The maximum atomic E-state index is 12.9. The predicted molar refractivity (Wildman–Crippen MR) is 113 cm³/mol. The van der Waals surface area contributed by atoms with E-state index >= 15 is 0 Å². The summed E-state index contributed by atoms with van der Waals surface area (Å²) >= 11 is 0. The summed E-state index contributed by atoms with van der Waals surface area (Å²) < 4.78 is 39.1. The molecule has 2 aromatic rings. The zero-order valence-electron chi connectivity index (χ0n) is 16.8. The molecule has 4 rings (SSSR count). The van der Waals surface area contributed by atoms with E-state index in [1.807, 2.05) is 0 Å². The molecule has 9 nitrogen and oxygen atoms in total. The molecule has 0 bridgehead atoms.